The molecule has 2 fully saturated rings. The molecule has 2 aromatic rings. The second-order valence-electron chi connectivity index (χ2n) is 6.64. The molecule has 24 heavy (non-hydrogen) atoms. The standard InChI is InChI=1S/C20H23N3O/c24-20(21-17-9-5-2-6-10-17)23-14-13-22(18-11-12-18)15-19(23)16-7-3-1-4-8-16/h1-10,18-19H,11-15H2,(H,21,24)/t19-/m1/s1. The number of piperazine rings is 1. The third-order valence-corrected chi connectivity index (χ3v) is 4.95. The molecule has 4 nitrogen and oxygen atoms in total. The first-order chi connectivity index (χ1) is 11.8. The van der Waals surface area contributed by atoms with E-state index in [9.17, 15) is 4.79 Å². The number of nitrogens with zero attached hydrogens (tertiary/aromatic N) is 2. The number of amides is 2. The highest BCUT2D eigenvalue weighted by molar-refractivity contribution is 5.89. The molecular weight excluding hydrogens is 298 g/mol. The van der Waals surface area contributed by atoms with Gasteiger partial charge in [0.1, 0.15) is 0 Å². The average molecular weight is 321 g/mol. The van der Waals surface area contributed by atoms with Crippen LogP contribution in [0.15, 0.2) is 60.7 Å². The number of urea groups is 1. The number of hydrogen-bond donors (Lipinski definition) is 1. The quantitative estimate of drug-likeness (QED) is 0.935. The summed E-state index contributed by atoms with van der Waals surface area (Å²) in [7, 11) is 0. The van der Waals surface area contributed by atoms with Gasteiger partial charge in [-0.1, -0.05) is 48.5 Å². The predicted octanol–water partition coefficient (Wildman–Crippen LogP) is 3.74. The number of anilines is 1. The van der Waals surface area contributed by atoms with Crippen molar-refractivity contribution in [3.8, 4) is 0 Å². The number of carbonyl (C=O) groups is 1. The van der Waals surface area contributed by atoms with E-state index in [-0.39, 0.29) is 12.1 Å². The number of benzene rings is 2. The predicted molar refractivity (Wildman–Crippen MR) is 95.9 cm³/mol. The van der Waals surface area contributed by atoms with Gasteiger partial charge in [0, 0.05) is 31.4 Å². The molecule has 1 N–H and O–H groups in total. The molecule has 0 aromatic heterocycles. The summed E-state index contributed by atoms with van der Waals surface area (Å²) >= 11 is 0. The Morgan fingerprint density at radius 3 is 2.25 bits per heavy atom. The van der Waals surface area contributed by atoms with Crippen LogP contribution < -0.4 is 5.32 Å². The molecule has 1 aliphatic heterocycles. The van der Waals surface area contributed by atoms with Crippen molar-refractivity contribution in [3.63, 3.8) is 0 Å². The molecule has 0 radical (unpaired) electrons. The van der Waals surface area contributed by atoms with Gasteiger partial charge >= 0.3 is 6.03 Å². The number of hydrogen-bond acceptors (Lipinski definition) is 2. The molecule has 2 aromatic carbocycles. The van der Waals surface area contributed by atoms with Gasteiger partial charge in [0.25, 0.3) is 0 Å². The summed E-state index contributed by atoms with van der Waals surface area (Å²) in [5.74, 6) is 0. The summed E-state index contributed by atoms with van der Waals surface area (Å²) in [6.45, 7) is 2.67. The first-order valence-electron chi connectivity index (χ1n) is 8.73. The zero-order valence-corrected chi connectivity index (χ0v) is 13.8. The first-order valence-corrected chi connectivity index (χ1v) is 8.73. The molecule has 1 heterocycles. The van der Waals surface area contributed by atoms with Gasteiger partial charge in [-0.25, -0.2) is 4.79 Å². The smallest absolute Gasteiger partial charge is 0.315 e. The van der Waals surface area contributed by atoms with Gasteiger partial charge in [-0.3, -0.25) is 4.90 Å². The molecular formula is C20H23N3O. The van der Waals surface area contributed by atoms with Gasteiger partial charge in [0.05, 0.1) is 6.04 Å². The Morgan fingerprint density at radius 1 is 0.917 bits per heavy atom. The first kappa shape index (κ1) is 15.2. The Morgan fingerprint density at radius 2 is 1.58 bits per heavy atom. The summed E-state index contributed by atoms with van der Waals surface area (Å²) in [5, 5.41) is 3.04. The third kappa shape index (κ3) is 3.29. The SMILES string of the molecule is O=C(Nc1ccccc1)N1CCN(C2CC2)C[C@@H]1c1ccccc1. The van der Waals surface area contributed by atoms with Crippen LogP contribution in [-0.2, 0) is 0 Å². The summed E-state index contributed by atoms with van der Waals surface area (Å²) in [6, 6.07) is 20.9. The second kappa shape index (κ2) is 6.65. The fraction of sp³-hybridized carbons (Fsp3) is 0.350. The zero-order valence-electron chi connectivity index (χ0n) is 13.8. The van der Waals surface area contributed by atoms with Crippen molar-refractivity contribution in [2.75, 3.05) is 25.0 Å². The minimum atomic E-state index is -0.00880. The fourth-order valence-corrected chi connectivity index (χ4v) is 3.50. The van der Waals surface area contributed by atoms with Crippen molar-refractivity contribution in [3.05, 3.63) is 66.2 Å². The monoisotopic (exact) mass is 321 g/mol. The highest BCUT2D eigenvalue weighted by atomic mass is 16.2. The van der Waals surface area contributed by atoms with E-state index in [1.165, 1.54) is 18.4 Å². The molecule has 0 unspecified atom stereocenters. The van der Waals surface area contributed by atoms with Crippen molar-refractivity contribution in [1.29, 1.82) is 0 Å². The molecule has 1 saturated carbocycles. The van der Waals surface area contributed by atoms with E-state index in [4.69, 9.17) is 0 Å². The Balaban J connectivity index is 1.54. The van der Waals surface area contributed by atoms with Crippen molar-refractivity contribution in [2.45, 2.75) is 24.9 Å². The van der Waals surface area contributed by atoms with Crippen LogP contribution >= 0.6 is 0 Å². The minimum absolute atomic E-state index is 0.00880. The largest absolute Gasteiger partial charge is 0.322 e. The summed E-state index contributed by atoms with van der Waals surface area (Å²) in [6.07, 6.45) is 2.61. The normalized spacial score (nSPS) is 21.5. The van der Waals surface area contributed by atoms with Crippen LogP contribution in [0.4, 0.5) is 10.5 Å². The summed E-state index contributed by atoms with van der Waals surface area (Å²) < 4.78 is 0. The van der Waals surface area contributed by atoms with E-state index < -0.39 is 0 Å². The Bertz CT molecular complexity index is 685. The Kier molecular flexibility index (Phi) is 4.22. The summed E-state index contributed by atoms with van der Waals surface area (Å²) in [5.41, 5.74) is 2.06. The van der Waals surface area contributed by atoms with Crippen LogP contribution in [0.3, 0.4) is 0 Å². The number of rotatable bonds is 3. The Labute approximate surface area is 143 Å². The lowest BCUT2D eigenvalue weighted by Gasteiger charge is -2.41. The molecule has 0 bridgehead atoms. The van der Waals surface area contributed by atoms with Crippen molar-refractivity contribution in [2.24, 2.45) is 0 Å². The maximum atomic E-state index is 12.8. The van der Waals surface area contributed by atoms with Crippen LogP contribution in [0.1, 0.15) is 24.4 Å². The maximum Gasteiger partial charge on any atom is 0.322 e. The highest BCUT2D eigenvalue weighted by Gasteiger charge is 2.37. The molecule has 124 valence electrons. The van der Waals surface area contributed by atoms with Gasteiger partial charge in [0.15, 0.2) is 0 Å². The number of carbonyl (C=O) groups excluding carboxylic acids is 1. The zero-order chi connectivity index (χ0) is 16.4. The molecule has 1 atom stereocenters. The lowest BCUT2D eigenvalue weighted by atomic mass is 10.0. The third-order valence-electron chi connectivity index (χ3n) is 4.95. The average Bonchev–Trinajstić information content (AvgIpc) is 3.48. The van der Waals surface area contributed by atoms with Crippen LogP contribution in [0, 0.1) is 0 Å². The van der Waals surface area contributed by atoms with E-state index in [1.54, 1.807) is 0 Å². The fourth-order valence-electron chi connectivity index (χ4n) is 3.50. The molecule has 0 spiro atoms. The van der Waals surface area contributed by atoms with Gasteiger partial charge in [-0.05, 0) is 30.5 Å². The van der Waals surface area contributed by atoms with Gasteiger partial charge in [0.2, 0.25) is 0 Å². The van der Waals surface area contributed by atoms with Crippen molar-refractivity contribution >= 4 is 11.7 Å². The van der Waals surface area contributed by atoms with Crippen LogP contribution in [0.2, 0.25) is 0 Å². The second-order valence-corrected chi connectivity index (χ2v) is 6.64. The Hall–Kier alpha value is -2.33. The van der Waals surface area contributed by atoms with Gasteiger partial charge in [-0.2, -0.15) is 0 Å². The van der Waals surface area contributed by atoms with E-state index >= 15 is 0 Å². The highest BCUT2D eigenvalue weighted by Crippen LogP contribution is 2.33. The molecule has 2 aliphatic rings. The lowest BCUT2D eigenvalue weighted by molar-refractivity contribution is 0.0954. The molecule has 1 saturated heterocycles. The van der Waals surface area contributed by atoms with Crippen molar-refractivity contribution in [1.82, 2.24) is 9.80 Å². The van der Waals surface area contributed by atoms with E-state index in [0.29, 0.717) is 0 Å². The molecule has 2 amide bonds. The van der Waals surface area contributed by atoms with E-state index in [2.05, 4.69) is 34.5 Å². The topological polar surface area (TPSA) is 35.6 Å². The molecule has 4 rings (SSSR count). The van der Waals surface area contributed by atoms with Crippen molar-refractivity contribution < 1.29 is 4.79 Å². The maximum absolute atomic E-state index is 12.8. The van der Waals surface area contributed by atoms with E-state index in [1.807, 2.05) is 41.3 Å². The van der Waals surface area contributed by atoms with Gasteiger partial charge in [-0.15, -0.1) is 0 Å². The van der Waals surface area contributed by atoms with E-state index in [0.717, 1.165) is 31.4 Å². The number of nitrogens with one attached hydrogen (secondary N) is 1. The van der Waals surface area contributed by atoms with Crippen LogP contribution in [0.25, 0.3) is 0 Å². The molecule has 4 heteroatoms. The number of para-hydroxylation sites is 1. The molecule has 1 aliphatic carbocycles. The lowest BCUT2D eigenvalue weighted by Crippen LogP contribution is -2.52. The van der Waals surface area contributed by atoms with Crippen LogP contribution in [-0.4, -0.2) is 41.5 Å². The minimum Gasteiger partial charge on any atom is -0.315 e. The van der Waals surface area contributed by atoms with Gasteiger partial charge < -0.3 is 10.2 Å². The van der Waals surface area contributed by atoms with Crippen LogP contribution in [0.5, 0.6) is 0 Å². The summed E-state index contributed by atoms with van der Waals surface area (Å²) in [4.78, 5) is 17.4.